The number of amides is 2. The van der Waals surface area contributed by atoms with Gasteiger partial charge in [-0.15, -0.1) is 0 Å². The molecule has 2 fully saturated rings. The first-order chi connectivity index (χ1) is 15.9. The Balaban J connectivity index is 1.63. The highest BCUT2D eigenvalue weighted by Crippen LogP contribution is 2.49. The standard InChI is InChI=1S/C23H15Cl2N3O5/c24-13-9-10-17(18(25)11-13)20-19-21(23(30)26(22(19)29)14-5-2-1-3-6-14)33-27(20)15-7-4-8-16(12-15)28(31)32/h1-12,19-21H/t19-,20+,21-/m0/s1. The minimum atomic E-state index is -1.12. The number of para-hydroxylation sites is 1. The highest BCUT2D eigenvalue weighted by Gasteiger charge is 2.60. The number of fused-ring (bicyclic) bond motifs is 1. The van der Waals surface area contributed by atoms with Crippen LogP contribution in [0.1, 0.15) is 11.6 Å². The van der Waals surface area contributed by atoms with E-state index in [1.165, 1.54) is 29.3 Å². The number of rotatable bonds is 4. The summed E-state index contributed by atoms with van der Waals surface area (Å²) in [6, 6.07) is 18.4. The molecule has 0 spiro atoms. The number of hydroxylamine groups is 1. The molecular formula is C23H15Cl2N3O5. The van der Waals surface area contributed by atoms with Crippen LogP contribution in [0.25, 0.3) is 0 Å². The van der Waals surface area contributed by atoms with Gasteiger partial charge in [0.15, 0.2) is 6.10 Å². The third-order valence-corrected chi connectivity index (χ3v) is 6.27. The molecule has 0 radical (unpaired) electrons. The summed E-state index contributed by atoms with van der Waals surface area (Å²) in [4.78, 5) is 44.7. The van der Waals surface area contributed by atoms with Crippen LogP contribution < -0.4 is 9.96 Å². The lowest BCUT2D eigenvalue weighted by molar-refractivity contribution is -0.384. The van der Waals surface area contributed by atoms with E-state index in [-0.39, 0.29) is 10.7 Å². The number of hydrogen-bond donors (Lipinski definition) is 0. The van der Waals surface area contributed by atoms with E-state index in [0.717, 1.165) is 4.90 Å². The first-order valence-corrected chi connectivity index (χ1v) is 10.7. The number of imide groups is 1. The lowest BCUT2D eigenvalue weighted by atomic mass is 9.90. The predicted molar refractivity (Wildman–Crippen MR) is 122 cm³/mol. The molecule has 3 aromatic carbocycles. The van der Waals surface area contributed by atoms with E-state index in [1.54, 1.807) is 48.5 Å². The molecule has 0 aliphatic carbocycles. The van der Waals surface area contributed by atoms with Gasteiger partial charge in [0.2, 0.25) is 5.91 Å². The van der Waals surface area contributed by atoms with Crippen molar-refractivity contribution in [2.45, 2.75) is 12.1 Å². The maximum absolute atomic E-state index is 13.5. The van der Waals surface area contributed by atoms with E-state index in [0.29, 0.717) is 22.0 Å². The van der Waals surface area contributed by atoms with Crippen LogP contribution in [0.5, 0.6) is 0 Å². The number of benzene rings is 3. The van der Waals surface area contributed by atoms with Crippen molar-refractivity contribution in [1.82, 2.24) is 0 Å². The van der Waals surface area contributed by atoms with E-state index in [9.17, 15) is 19.7 Å². The molecule has 2 aliphatic rings. The number of carbonyl (C=O) groups excluding carboxylic acids is 2. The van der Waals surface area contributed by atoms with Crippen molar-refractivity contribution in [2.24, 2.45) is 5.92 Å². The molecule has 3 aromatic rings. The van der Waals surface area contributed by atoms with Crippen molar-refractivity contribution in [3.8, 4) is 0 Å². The average Bonchev–Trinajstić information content (AvgIpc) is 3.30. The fourth-order valence-electron chi connectivity index (χ4n) is 4.27. The second-order valence-electron chi connectivity index (χ2n) is 7.61. The van der Waals surface area contributed by atoms with Gasteiger partial charge < -0.3 is 0 Å². The van der Waals surface area contributed by atoms with Crippen LogP contribution >= 0.6 is 23.2 Å². The second-order valence-corrected chi connectivity index (χ2v) is 8.46. The summed E-state index contributed by atoms with van der Waals surface area (Å²) in [6.07, 6.45) is -1.12. The maximum Gasteiger partial charge on any atom is 0.271 e. The first kappa shape index (κ1) is 21.4. The molecule has 2 saturated heterocycles. The van der Waals surface area contributed by atoms with Gasteiger partial charge in [-0.05, 0) is 35.9 Å². The molecule has 0 saturated carbocycles. The Morgan fingerprint density at radius 1 is 0.879 bits per heavy atom. The van der Waals surface area contributed by atoms with E-state index >= 15 is 0 Å². The maximum atomic E-state index is 13.5. The van der Waals surface area contributed by atoms with Gasteiger partial charge in [-0.2, -0.15) is 0 Å². The first-order valence-electron chi connectivity index (χ1n) is 9.95. The van der Waals surface area contributed by atoms with E-state index in [4.69, 9.17) is 28.0 Å². The quantitative estimate of drug-likeness (QED) is 0.296. The third kappa shape index (κ3) is 3.52. The number of halogens is 2. The molecule has 5 rings (SSSR count). The second kappa shape index (κ2) is 8.15. The SMILES string of the molecule is O=C1[C@@H]2[C@H](ON(c3cccc([N+](=O)[O-])c3)[C@@H]2c2ccc(Cl)cc2Cl)C(=O)N1c1ccccc1. The Morgan fingerprint density at radius 3 is 2.30 bits per heavy atom. The Morgan fingerprint density at radius 2 is 1.61 bits per heavy atom. The Labute approximate surface area is 198 Å². The van der Waals surface area contributed by atoms with Gasteiger partial charge in [-0.25, -0.2) is 9.96 Å². The number of anilines is 2. The molecule has 8 nitrogen and oxygen atoms in total. The number of nitrogens with zero attached hydrogens (tertiary/aromatic N) is 3. The van der Waals surface area contributed by atoms with Crippen molar-refractivity contribution >= 4 is 52.1 Å². The van der Waals surface area contributed by atoms with Crippen LogP contribution in [0.15, 0.2) is 72.8 Å². The molecular weight excluding hydrogens is 469 g/mol. The zero-order valence-electron chi connectivity index (χ0n) is 16.8. The molecule has 2 heterocycles. The third-order valence-electron chi connectivity index (χ3n) is 5.71. The van der Waals surface area contributed by atoms with Gasteiger partial charge in [0.05, 0.1) is 22.3 Å². The molecule has 0 aromatic heterocycles. The number of nitro groups is 1. The molecule has 33 heavy (non-hydrogen) atoms. The minimum Gasteiger partial charge on any atom is -0.273 e. The van der Waals surface area contributed by atoms with Gasteiger partial charge in [0.1, 0.15) is 5.92 Å². The lowest BCUT2D eigenvalue weighted by Gasteiger charge is -2.29. The fourth-order valence-corrected chi connectivity index (χ4v) is 4.79. The summed E-state index contributed by atoms with van der Waals surface area (Å²) in [6.45, 7) is 0. The molecule has 10 heteroatoms. The monoisotopic (exact) mass is 483 g/mol. The van der Waals surface area contributed by atoms with Crippen molar-refractivity contribution in [1.29, 1.82) is 0 Å². The molecule has 166 valence electrons. The van der Waals surface area contributed by atoms with E-state index in [2.05, 4.69) is 0 Å². The largest absolute Gasteiger partial charge is 0.273 e. The van der Waals surface area contributed by atoms with Gasteiger partial charge >= 0.3 is 0 Å². The highest BCUT2D eigenvalue weighted by molar-refractivity contribution is 6.35. The fraction of sp³-hybridized carbons (Fsp3) is 0.130. The molecule has 0 bridgehead atoms. The smallest absolute Gasteiger partial charge is 0.271 e. The Hall–Kier alpha value is -3.46. The molecule has 3 atom stereocenters. The van der Waals surface area contributed by atoms with Crippen LogP contribution in [-0.4, -0.2) is 22.8 Å². The number of hydrogen-bond acceptors (Lipinski definition) is 6. The number of nitro benzene ring substituents is 1. The van der Waals surface area contributed by atoms with Gasteiger partial charge in [-0.3, -0.25) is 24.5 Å². The summed E-state index contributed by atoms with van der Waals surface area (Å²) in [5, 5.41) is 13.3. The van der Waals surface area contributed by atoms with Crippen LogP contribution in [0.2, 0.25) is 10.0 Å². The molecule has 2 aliphatic heterocycles. The van der Waals surface area contributed by atoms with E-state index in [1.807, 2.05) is 0 Å². The predicted octanol–water partition coefficient (Wildman–Crippen LogP) is 4.95. The number of non-ortho nitro benzene ring substituents is 1. The summed E-state index contributed by atoms with van der Waals surface area (Å²) in [5.74, 6) is -1.88. The Bertz CT molecular complexity index is 1290. The van der Waals surface area contributed by atoms with Gasteiger partial charge in [0, 0.05) is 22.2 Å². The zero-order chi connectivity index (χ0) is 23.3. The topological polar surface area (TPSA) is 93.0 Å². The summed E-state index contributed by atoms with van der Waals surface area (Å²) in [7, 11) is 0. The normalized spacial score (nSPS) is 22.1. The summed E-state index contributed by atoms with van der Waals surface area (Å²) in [5.41, 5.74) is 1.11. The summed E-state index contributed by atoms with van der Waals surface area (Å²) < 4.78 is 0. The number of carbonyl (C=O) groups is 2. The molecule has 2 amide bonds. The van der Waals surface area contributed by atoms with Gasteiger partial charge in [0.25, 0.3) is 11.6 Å². The van der Waals surface area contributed by atoms with Crippen molar-refractivity contribution in [3.63, 3.8) is 0 Å². The van der Waals surface area contributed by atoms with Crippen molar-refractivity contribution in [2.75, 3.05) is 9.96 Å². The lowest BCUT2D eigenvalue weighted by Crippen LogP contribution is -2.37. The van der Waals surface area contributed by atoms with Gasteiger partial charge in [-0.1, -0.05) is 53.5 Å². The highest BCUT2D eigenvalue weighted by atomic mass is 35.5. The van der Waals surface area contributed by atoms with Crippen LogP contribution in [0.3, 0.4) is 0 Å². The molecule has 0 N–H and O–H groups in total. The zero-order valence-corrected chi connectivity index (χ0v) is 18.3. The van der Waals surface area contributed by atoms with Crippen LogP contribution in [0.4, 0.5) is 17.1 Å². The average molecular weight is 484 g/mol. The van der Waals surface area contributed by atoms with Crippen molar-refractivity contribution < 1.29 is 19.3 Å². The van der Waals surface area contributed by atoms with Crippen LogP contribution in [0, 0.1) is 16.0 Å². The molecule has 0 unspecified atom stereocenters. The van der Waals surface area contributed by atoms with E-state index < -0.39 is 34.8 Å². The summed E-state index contributed by atoms with van der Waals surface area (Å²) >= 11 is 12.6. The van der Waals surface area contributed by atoms with Crippen LogP contribution in [-0.2, 0) is 14.4 Å². The van der Waals surface area contributed by atoms with Crippen molar-refractivity contribution in [3.05, 3.63) is 98.5 Å². The minimum absolute atomic E-state index is 0.155. The Kier molecular flexibility index (Phi) is 5.28.